The van der Waals surface area contributed by atoms with E-state index in [-0.39, 0.29) is 23.6 Å². The lowest BCUT2D eigenvalue weighted by atomic mass is 10.0. The zero-order valence-electron chi connectivity index (χ0n) is 25.4. The van der Waals surface area contributed by atoms with Crippen molar-refractivity contribution in [1.82, 2.24) is 19.8 Å². The summed E-state index contributed by atoms with van der Waals surface area (Å²) in [6.45, 7) is 8.76. The Hall–Kier alpha value is -4.74. The summed E-state index contributed by atoms with van der Waals surface area (Å²) in [6.07, 6.45) is -3.01. The van der Waals surface area contributed by atoms with Gasteiger partial charge in [-0.1, -0.05) is 49.0 Å². The molecule has 0 radical (unpaired) electrons. The number of halogens is 3. The normalized spacial score (nSPS) is 14.2. The second kappa shape index (κ2) is 13.5. The Bertz CT molecular complexity index is 1690. The molecular formula is C34H35F3N6O2. The van der Waals surface area contributed by atoms with Gasteiger partial charge in [0.25, 0.3) is 5.91 Å². The van der Waals surface area contributed by atoms with Gasteiger partial charge >= 0.3 is 6.18 Å². The van der Waals surface area contributed by atoms with Crippen LogP contribution in [-0.4, -0.2) is 65.9 Å². The van der Waals surface area contributed by atoms with E-state index in [9.17, 15) is 18.0 Å². The average Bonchev–Trinajstić information content (AvgIpc) is 3.03. The molecule has 0 bridgehead atoms. The third kappa shape index (κ3) is 7.50. The topological polar surface area (TPSA) is 82.6 Å². The predicted octanol–water partition coefficient (Wildman–Crippen LogP) is 6.95. The highest BCUT2D eigenvalue weighted by Gasteiger charge is 2.34. The zero-order chi connectivity index (χ0) is 32.1. The van der Waals surface area contributed by atoms with Crippen molar-refractivity contribution in [3.05, 3.63) is 101 Å². The Morgan fingerprint density at radius 3 is 2.42 bits per heavy atom. The van der Waals surface area contributed by atoms with Crippen molar-refractivity contribution in [2.45, 2.75) is 19.6 Å². The largest absolute Gasteiger partial charge is 0.437 e. The van der Waals surface area contributed by atoms with E-state index in [1.54, 1.807) is 38.2 Å². The van der Waals surface area contributed by atoms with Gasteiger partial charge in [0.2, 0.25) is 5.88 Å². The summed E-state index contributed by atoms with van der Waals surface area (Å²) in [5, 5.41) is 5.81. The molecule has 1 saturated heterocycles. The minimum absolute atomic E-state index is 0.0911. The first-order valence-corrected chi connectivity index (χ1v) is 14.5. The summed E-state index contributed by atoms with van der Waals surface area (Å²) < 4.78 is 48.5. The molecule has 2 N–H and O–H groups in total. The Balaban J connectivity index is 1.39. The smallest absolute Gasteiger partial charge is 0.416 e. The molecule has 1 aliphatic heterocycles. The van der Waals surface area contributed by atoms with Gasteiger partial charge in [-0.15, -0.1) is 0 Å². The Morgan fingerprint density at radius 1 is 1.02 bits per heavy atom. The molecule has 0 aliphatic carbocycles. The van der Waals surface area contributed by atoms with E-state index in [0.29, 0.717) is 47.3 Å². The quantitative estimate of drug-likeness (QED) is 0.211. The van der Waals surface area contributed by atoms with Crippen molar-refractivity contribution in [3.63, 3.8) is 0 Å². The standard InChI is InChI=1S/C34H35F3N6O2/c1-5-28-30(38-3)33(41-31(39-28)23-9-7-6-8-10-23)45-26-14-11-22(2)29(20-26)40-32(44)24-12-13-25(27(19-24)34(35,36)37)21-43-17-15-42(4)16-18-43/h5-14,19-20,38H,1,15-18,21H2,2-4H3,(H,40,44). The molecule has 1 aromatic heterocycles. The molecule has 1 fully saturated rings. The maximum Gasteiger partial charge on any atom is 0.416 e. The van der Waals surface area contributed by atoms with Gasteiger partial charge in [-0.05, 0) is 49.4 Å². The van der Waals surface area contributed by atoms with E-state index in [1.165, 1.54) is 12.1 Å². The number of carbonyl (C=O) groups excluding carboxylic acids is 1. The number of aryl methyl sites for hydroxylation is 1. The van der Waals surface area contributed by atoms with E-state index < -0.39 is 17.6 Å². The highest BCUT2D eigenvalue weighted by molar-refractivity contribution is 6.05. The van der Waals surface area contributed by atoms with Gasteiger partial charge in [0.1, 0.15) is 11.4 Å². The lowest BCUT2D eigenvalue weighted by Crippen LogP contribution is -2.44. The lowest BCUT2D eigenvalue weighted by molar-refractivity contribution is -0.138. The number of hydrogen-bond acceptors (Lipinski definition) is 7. The maximum absolute atomic E-state index is 14.1. The Labute approximate surface area is 260 Å². The molecule has 0 saturated carbocycles. The van der Waals surface area contributed by atoms with Crippen molar-refractivity contribution in [3.8, 4) is 23.0 Å². The molecule has 5 rings (SSSR count). The SMILES string of the molecule is C=Cc1nc(-c2ccccc2)nc(Oc2ccc(C)c(NC(=O)c3ccc(CN4CCN(C)CC4)c(C(F)(F)F)c3)c2)c1NC. The number of nitrogens with zero attached hydrogens (tertiary/aromatic N) is 4. The maximum atomic E-state index is 14.1. The van der Waals surface area contributed by atoms with Crippen LogP contribution < -0.4 is 15.4 Å². The third-order valence-corrected chi connectivity index (χ3v) is 7.72. The summed E-state index contributed by atoms with van der Waals surface area (Å²) in [6, 6.07) is 18.3. The first-order chi connectivity index (χ1) is 21.5. The van der Waals surface area contributed by atoms with E-state index in [0.717, 1.165) is 24.7 Å². The molecule has 234 valence electrons. The number of benzene rings is 3. The van der Waals surface area contributed by atoms with Crippen LogP contribution in [0.1, 0.15) is 32.7 Å². The van der Waals surface area contributed by atoms with Gasteiger partial charge in [0.15, 0.2) is 5.82 Å². The van der Waals surface area contributed by atoms with Crippen molar-refractivity contribution in [2.24, 2.45) is 0 Å². The molecule has 1 aliphatic rings. The lowest BCUT2D eigenvalue weighted by Gasteiger charge is -2.33. The number of aromatic nitrogens is 2. The van der Waals surface area contributed by atoms with E-state index in [4.69, 9.17) is 4.74 Å². The second-order valence-corrected chi connectivity index (χ2v) is 10.9. The minimum atomic E-state index is -4.60. The van der Waals surface area contributed by atoms with Gasteiger partial charge in [-0.25, -0.2) is 4.98 Å². The molecule has 1 amide bonds. The fraction of sp³-hybridized carbons (Fsp3) is 0.265. The van der Waals surface area contributed by atoms with Crippen LogP contribution >= 0.6 is 0 Å². The number of hydrogen-bond donors (Lipinski definition) is 2. The van der Waals surface area contributed by atoms with Crippen LogP contribution in [-0.2, 0) is 12.7 Å². The van der Waals surface area contributed by atoms with Gasteiger partial charge in [-0.3, -0.25) is 9.69 Å². The molecule has 4 aromatic rings. The molecule has 8 nitrogen and oxygen atoms in total. The number of rotatable bonds is 9. The summed E-state index contributed by atoms with van der Waals surface area (Å²) in [7, 11) is 3.71. The fourth-order valence-electron chi connectivity index (χ4n) is 5.10. The predicted molar refractivity (Wildman–Crippen MR) is 171 cm³/mol. The van der Waals surface area contributed by atoms with Gasteiger partial charge < -0.3 is 20.3 Å². The van der Waals surface area contributed by atoms with Crippen LogP contribution in [0.15, 0.2) is 73.3 Å². The summed E-state index contributed by atoms with van der Waals surface area (Å²) in [4.78, 5) is 26.6. The van der Waals surface area contributed by atoms with Crippen molar-refractivity contribution in [2.75, 3.05) is 50.9 Å². The number of nitrogens with one attached hydrogen (secondary N) is 2. The van der Waals surface area contributed by atoms with Gasteiger partial charge in [-0.2, -0.15) is 18.2 Å². The van der Waals surface area contributed by atoms with Crippen LogP contribution in [0.25, 0.3) is 17.5 Å². The average molecular weight is 617 g/mol. The molecule has 0 spiro atoms. The first-order valence-electron chi connectivity index (χ1n) is 14.5. The van der Waals surface area contributed by atoms with E-state index >= 15 is 0 Å². The third-order valence-electron chi connectivity index (χ3n) is 7.72. The van der Waals surface area contributed by atoms with E-state index in [2.05, 4.69) is 32.1 Å². The summed E-state index contributed by atoms with van der Waals surface area (Å²) >= 11 is 0. The van der Waals surface area contributed by atoms with Crippen molar-refractivity contribution >= 4 is 23.4 Å². The summed E-state index contributed by atoms with van der Waals surface area (Å²) in [5.41, 5.74) is 2.19. The van der Waals surface area contributed by atoms with Gasteiger partial charge in [0.05, 0.1) is 11.3 Å². The van der Waals surface area contributed by atoms with Gasteiger partial charge in [0, 0.05) is 62.7 Å². The number of ether oxygens (including phenoxy) is 1. The molecule has 3 aromatic carbocycles. The highest BCUT2D eigenvalue weighted by atomic mass is 19.4. The Morgan fingerprint density at radius 2 is 1.76 bits per heavy atom. The second-order valence-electron chi connectivity index (χ2n) is 10.9. The minimum Gasteiger partial charge on any atom is -0.437 e. The number of alkyl halides is 3. The van der Waals surface area contributed by atoms with Crippen LogP contribution in [0.3, 0.4) is 0 Å². The molecule has 45 heavy (non-hydrogen) atoms. The number of amides is 1. The highest BCUT2D eigenvalue weighted by Crippen LogP contribution is 2.36. The summed E-state index contributed by atoms with van der Waals surface area (Å²) in [5.74, 6) is 0.383. The van der Waals surface area contributed by atoms with Crippen LogP contribution in [0, 0.1) is 6.92 Å². The van der Waals surface area contributed by atoms with Crippen LogP contribution in [0.5, 0.6) is 11.6 Å². The zero-order valence-corrected chi connectivity index (χ0v) is 25.4. The van der Waals surface area contributed by atoms with Crippen LogP contribution in [0.2, 0.25) is 0 Å². The first kappa shape index (κ1) is 31.7. The number of likely N-dealkylation sites (N-methyl/N-ethyl adjacent to an activating group) is 1. The van der Waals surface area contributed by atoms with Crippen molar-refractivity contribution in [1.29, 1.82) is 0 Å². The van der Waals surface area contributed by atoms with E-state index in [1.807, 2.05) is 42.3 Å². The monoisotopic (exact) mass is 616 g/mol. The van der Waals surface area contributed by atoms with Crippen molar-refractivity contribution < 1.29 is 22.7 Å². The fourth-order valence-corrected chi connectivity index (χ4v) is 5.10. The molecule has 11 heteroatoms. The molecular weight excluding hydrogens is 581 g/mol. The Kier molecular flexibility index (Phi) is 9.50. The number of anilines is 2. The molecule has 2 heterocycles. The van der Waals surface area contributed by atoms with Crippen LogP contribution in [0.4, 0.5) is 24.5 Å². The number of piperazine rings is 1. The molecule has 0 atom stereocenters. The number of carbonyl (C=O) groups is 1. The molecule has 0 unspecified atom stereocenters.